The smallest absolute Gasteiger partial charge is 0.0456 e. The topological polar surface area (TPSA) is 58.5 Å². The molecule has 0 aliphatic carbocycles. The maximum absolute atomic E-state index is 5.47. The second-order valence-corrected chi connectivity index (χ2v) is 2.60. The second kappa shape index (κ2) is 12.8. The van der Waals surface area contributed by atoms with Crippen molar-refractivity contribution in [3.8, 4) is 0 Å². The van der Waals surface area contributed by atoms with Gasteiger partial charge in [-0.2, -0.15) is 0 Å². The Morgan fingerprint density at radius 1 is 0.643 bits per heavy atom. The van der Waals surface area contributed by atoms with Gasteiger partial charge in [0.15, 0.2) is 0 Å². The van der Waals surface area contributed by atoms with Crippen molar-refractivity contribution in [3.05, 3.63) is 0 Å². The van der Waals surface area contributed by atoms with Crippen LogP contribution in [0.5, 0.6) is 0 Å². The Bertz CT molecular complexity index is 78.1. The molecule has 1 aliphatic heterocycles. The summed E-state index contributed by atoms with van der Waals surface area (Å²) in [6.07, 6.45) is 0. The van der Waals surface area contributed by atoms with Gasteiger partial charge in [-0.15, -0.1) is 0 Å². The van der Waals surface area contributed by atoms with Crippen LogP contribution in [-0.2, 0) is 0 Å². The van der Waals surface area contributed by atoms with Crippen molar-refractivity contribution in [2.75, 3.05) is 39.5 Å². The standard InChI is InChI=1S/C6H16N4.4CH4/c7-5-9-1-2-10(6-8)4-3-9;;;;/h1-8H2;4*1H4. The molecule has 0 saturated carbocycles. The highest BCUT2D eigenvalue weighted by Crippen LogP contribution is 1.96. The van der Waals surface area contributed by atoms with Gasteiger partial charge in [0.25, 0.3) is 0 Å². The normalized spacial score (nSPS) is 16.7. The van der Waals surface area contributed by atoms with Crippen LogP contribution in [0, 0.1) is 0 Å². The van der Waals surface area contributed by atoms with Gasteiger partial charge in [-0.25, -0.2) is 0 Å². The minimum Gasteiger partial charge on any atom is -0.318 e. The van der Waals surface area contributed by atoms with Gasteiger partial charge < -0.3 is 11.5 Å². The summed E-state index contributed by atoms with van der Waals surface area (Å²) in [5.74, 6) is 0. The summed E-state index contributed by atoms with van der Waals surface area (Å²) in [7, 11) is 0. The predicted octanol–water partition coefficient (Wildman–Crippen LogP) is 0.981. The van der Waals surface area contributed by atoms with Crippen molar-refractivity contribution < 1.29 is 0 Å². The lowest BCUT2D eigenvalue weighted by atomic mass is 10.3. The predicted molar refractivity (Wildman–Crippen MR) is 68.2 cm³/mol. The van der Waals surface area contributed by atoms with Gasteiger partial charge in [-0.3, -0.25) is 9.80 Å². The van der Waals surface area contributed by atoms with Crippen LogP contribution >= 0.6 is 0 Å². The van der Waals surface area contributed by atoms with Gasteiger partial charge in [-0.05, 0) is 0 Å². The van der Waals surface area contributed by atoms with Gasteiger partial charge >= 0.3 is 0 Å². The fourth-order valence-electron chi connectivity index (χ4n) is 1.15. The van der Waals surface area contributed by atoms with E-state index in [1.54, 1.807) is 0 Å². The molecule has 0 atom stereocenters. The summed E-state index contributed by atoms with van der Waals surface area (Å²) in [5, 5.41) is 0. The quantitative estimate of drug-likeness (QED) is 0.710. The monoisotopic (exact) mass is 208 g/mol. The average molecular weight is 208 g/mol. The van der Waals surface area contributed by atoms with E-state index >= 15 is 0 Å². The first kappa shape index (κ1) is 23.6. The minimum absolute atomic E-state index is 0. The molecule has 1 saturated heterocycles. The van der Waals surface area contributed by atoms with Crippen LogP contribution in [-0.4, -0.2) is 49.3 Å². The van der Waals surface area contributed by atoms with E-state index in [9.17, 15) is 0 Å². The molecule has 0 spiro atoms. The highest BCUT2D eigenvalue weighted by Gasteiger charge is 2.12. The molecule has 4 heteroatoms. The maximum Gasteiger partial charge on any atom is 0.0456 e. The summed E-state index contributed by atoms with van der Waals surface area (Å²) in [6, 6.07) is 0. The number of hydrogen-bond donors (Lipinski definition) is 2. The fourth-order valence-corrected chi connectivity index (χ4v) is 1.15. The van der Waals surface area contributed by atoms with Crippen LogP contribution in [0.25, 0.3) is 0 Å². The van der Waals surface area contributed by atoms with Crippen molar-refractivity contribution >= 4 is 0 Å². The van der Waals surface area contributed by atoms with Gasteiger partial charge in [0.05, 0.1) is 0 Å². The fraction of sp³-hybridized carbons (Fsp3) is 1.00. The lowest BCUT2D eigenvalue weighted by molar-refractivity contribution is 0.137. The molecule has 0 unspecified atom stereocenters. The van der Waals surface area contributed by atoms with E-state index in [2.05, 4.69) is 9.80 Å². The molecular formula is C10H32N4. The van der Waals surface area contributed by atoms with Crippen LogP contribution in [0.1, 0.15) is 29.7 Å². The molecule has 0 aromatic rings. The van der Waals surface area contributed by atoms with Crippen molar-refractivity contribution in [1.29, 1.82) is 0 Å². The molecule has 14 heavy (non-hydrogen) atoms. The average Bonchev–Trinajstić information content (AvgIpc) is 2.05. The third-order valence-electron chi connectivity index (χ3n) is 1.98. The SMILES string of the molecule is C.C.C.C.NCN1CCN(CN)CC1. The Balaban J connectivity index is -0.000000125. The first-order chi connectivity index (χ1) is 4.86. The molecule has 0 bridgehead atoms. The lowest BCUT2D eigenvalue weighted by Gasteiger charge is -2.32. The van der Waals surface area contributed by atoms with E-state index < -0.39 is 0 Å². The Morgan fingerprint density at radius 3 is 1.00 bits per heavy atom. The van der Waals surface area contributed by atoms with Crippen molar-refractivity contribution in [2.24, 2.45) is 11.5 Å². The summed E-state index contributed by atoms with van der Waals surface area (Å²) in [4.78, 5) is 4.46. The van der Waals surface area contributed by atoms with E-state index in [4.69, 9.17) is 11.5 Å². The van der Waals surface area contributed by atoms with Crippen LogP contribution in [0.15, 0.2) is 0 Å². The van der Waals surface area contributed by atoms with Crippen molar-refractivity contribution in [1.82, 2.24) is 9.80 Å². The number of nitrogens with zero attached hydrogens (tertiary/aromatic N) is 2. The summed E-state index contributed by atoms with van der Waals surface area (Å²) >= 11 is 0. The molecule has 1 rings (SSSR count). The Morgan fingerprint density at radius 2 is 0.857 bits per heavy atom. The Kier molecular flexibility index (Phi) is 21.6. The minimum atomic E-state index is 0. The van der Waals surface area contributed by atoms with Crippen LogP contribution < -0.4 is 11.5 Å². The van der Waals surface area contributed by atoms with Crippen LogP contribution in [0.4, 0.5) is 0 Å². The first-order valence-corrected chi connectivity index (χ1v) is 3.71. The van der Waals surface area contributed by atoms with E-state index in [0.717, 1.165) is 26.2 Å². The zero-order chi connectivity index (χ0) is 7.40. The molecule has 0 aromatic heterocycles. The Hall–Kier alpha value is -0.160. The highest BCUT2D eigenvalue weighted by atomic mass is 15.3. The molecular weight excluding hydrogens is 176 g/mol. The number of piperazine rings is 1. The summed E-state index contributed by atoms with van der Waals surface area (Å²) in [6.45, 7) is 5.61. The summed E-state index contributed by atoms with van der Waals surface area (Å²) in [5.41, 5.74) is 10.9. The van der Waals surface area contributed by atoms with Gasteiger partial charge in [-0.1, -0.05) is 29.7 Å². The lowest BCUT2D eigenvalue weighted by Crippen LogP contribution is -2.49. The van der Waals surface area contributed by atoms with Crippen LogP contribution in [0.2, 0.25) is 0 Å². The van der Waals surface area contributed by atoms with Crippen molar-refractivity contribution in [3.63, 3.8) is 0 Å². The zero-order valence-corrected chi connectivity index (χ0v) is 6.29. The molecule has 4 nitrogen and oxygen atoms in total. The van der Waals surface area contributed by atoms with E-state index in [1.807, 2.05) is 0 Å². The molecule has 4 N–H and O–H groups in total. The molecule has 1 aliphatic rings. The molecule has 0 amide bonds. The first-order valence-electron chi connectivity index (χ1n) is 3.71. The molecule has 1 fully saturated rings. The molecule has 0 radical (unpaired) electrons. The van der Waals surface area contributed by atoms with Gasteiger partial charge in [0.1, 0.15) is 0 Å². The Labute approximate surface area is 91.2 Å². The van der Waals surface area contributed by atoms with Gasteiger partial charge in [0, 0.05) is 39.5 Å². The largest absolute Gasteiger partial charge is 0.318 e. The zero-order valence-electron chi connectivity index (χ0n) is 6.29. The molecule has 92 valence electrons. The molecule has 1 heterocycles. The highest BCUT2D eigenvalue weighted by molar-refractivity contribution is 4.68. The maximum atomic E-state index is 5.47. The number of nitrogens with two attached hydrogens (primary N) is 2. The molecule has 0 aromatic carbocycles. The third kappa shape index (κ3) is 7.26. The third-order valence-corrected chi connectivity index (χ3v) is 1.98. The number of hydrogen-bond acceptors (Lipinski definition) is 4. The van der Waals surface area contributed by atoms with Crippen LogP contribution in [0.3, 0.4) is 0 Å². The van der Waals surface area contributed by atoms with E-state index in [0.29, 0.717) is 13.3 Å². The van der Waals surface area contributed by atoms with Crippen molar-refractivity contribution in [2.45, 2.75) is 29.7 Å². The van der Waals surface area contributed by atoms with E-state index in [-0.39, 0.29) is 29.7 Å². The van der Waals surface area contributed by atoms with E-state index in [1.165, 1.54) is 0 Å². The number of rotatable bonds is 2. The van der Waals surface area contributed by atoms with Gasteiger partial charge in [0.2, 0.25) is 0 Å². The second-order valence-electron chi connectivity index (χ2n) is 2.60. The summed E-state index contributed by atoms with van der Waals surface area (Å²) < 4.78 is 0.